The maximum absolute atomic E-state index is 12.1. The molecule has 0 aromatic heterocycles. The molecule has 0 aromatic rings. The van der Waals surface area contributed by atoms with Crippen molar-refractivity contribution in [3.63, 3.8) is 0 Å². The van der Waals surface area contributed by atoms with E-state index in [-0.39, 0.29) is 11.9 Å². The monoisotopic (exact) mass is 269 g/mol. The van der Waals surface area contributed by atoms with Gasteiger partial charge >= 0.3 is 12.1 Å². The van der Waals surface area contributed by atoms with E-state index >= 15 is 0 Å². The molecule has 19 heavy (non-hydrogen) atoms. The highest BCUT2D eigenvalue weighted by Gasteiger charge is 2.57. The lowest BCUT2D eigenvalue weighted by Crippen LogP contribution is -2.59. The molecule has 5 nitrogen and oxygen atoms in total. The number of alkyl carbamates (subject to hydrolysis) is 1. The Morgan fingerprint density at radius 3 is 2.37 bits per heavy atom. The van der Waals surface area contributed by atoms with Crippen LogP contribution in [0.3, 0.4) is 0 Å². The molecule has 0 spiro atoms. The van der Waals surface area contributed by atoms with Gasteiger partial charge in [-0.15, -0.1) is 0 Å². The van der Waals surface area contributed by atoms with Crippen molar-refractivity contribution >= 4 is 12.1 Å². The van der Waals surface area contributed by atoms with Gasteiger partial charge in [0.2, 0.25) is 0 Å². The summed E-state index contributed by atoms with van der Waals surface area (Å²) in [5.41, 5.74) is -1.45. The zero-order valence-corrected chi connectivity index (χ0v) is 12.1. The molecule has 2 saturated carbocycles. The van der Waals surface area contributed by atoms with Gasteiger partial charge in [-0.25, -0.2) is 9.59 Å². The van der Waals surface area contributed by atoms with E-state index in [1.54, 1.807) is 20.8 Å². The van der Waals surface area contributed by atoms with Crippen LogP contribution in [-0.4, -0.2) is 30.3 Å². The fraction of sp³-hybridized carbons (Fsp3) is 0.857. The molecule has 0 heterocycles. The number of rotatable bonds is 2. The Hall–Kier alpha value is -1.26. The number of methoxy groups -OCH3 is 1. The molecule has 0 unspecified atom stereocenters. The predicted molar refractivity (Wildman–Crippen MR) is 69.6 cm³/mol. The van der Waals surface area contributed by atoms with Gasteiger partial charge in [0.05, 0.1) is 7.11 Å². The summed E-state index contributed by atoms with van der Waals surface area (Å²) in [5, 5.41) is 2.80. The summed E-state index contributed by atoms with van der Waals surface area (Å²) in [6.45, 7) is 5.41. The normalized spacial score (nSPS) is 33.1. The van der Waals surface area contributed by atoms with E-state index in [0.717, 1.165) is 19.3 Å². The summed E-state index contributed by atoms with van der Waals surface area (Å²) >= 11 is 0. The van der Waals surface area contributed by atoms with Crippen LogP contribution in [0.2, 0.25) is 0 Å². The van der Waals surface area contributed by atoms with Gasteiger partial charge in [0.1, 0.15) is 11.1 Å². The maximum Gasteiger partial charge on any atom is 0.408 e. The van der Waals surface area contributed by atoms with E-state index in [2.05, 4.69) is 5.32 Å². The molecule has 5 heteroatoms. The molecular weight excluding hydrogens is 246 g/mol. The Bertz CT molecular complexity index is 387. The SMILES string of the molecule is COC(=O)[C@@]1(NC(=O)OC(C)(C)C)C[C@@H]2CC[C@H]1C2. The number of amides is 1. The second-order valence-electron chi connectivity index (χ2n) is 6.67. The number of esters is 1. The van der Waals surface area contributed by atoms with E-state index in [1.165, 1.54) is 7.11 Å². The zero-order valence-electron chi connectivity index (χ0n) is 12.1. The summed E-state index contributed by atoms with van der Waals surface area (Å²) in [7, 11) is 1.37. The summed E-state index contributed by atoms with van der Waals surface area (Å²) in [5.74, 6) is 0.349. The minimum absolute atomic E-state index is 0.178. The summed E-state index contributed by atoms with van der Waals surface area (Å²) in [6.07, 6.45) is 3.23. The van der Waals surface area contributed by atoms with Crippen molar-refractivity contribution < 1.29 is 19.1 Å². The topological polar surface area (TPSA) is 64.6 Å². The third kappa shape index (κ3) is 2.69. The Labute approximate surface area is 114 Å². The van der Waals surface area contributed by atoms with Crippen molar-refractivity contribution in [1.82, 2.24) is 5.32 Å². The van der Waals surface area contributed by atoms with Crippen molar-refractivity contribution in [2.45, 2.75) is 57.6 Å². The number of ether oxygens (including phenoxy) is 2. The van der Waals surface area contributed by atoms with Gasteiger partial charge in [-0.1, -0.05) is 0 Å². The van der Waals surface area contributed by atoms with E-state index in [9.17, 15) is 9.59 Å². The molecule has 3 atom stereocenters. The van der Waals surface area contributed by atoms with Crippen LogP contribution >= 0.6 is 0 Å². The highest BCUT2D eigenvalue weighted by atomic mass is 16.6. The number of carbonyl (C=O) groups is 2. The lowest BCUT2D eigenvalue weighted by Gasteiger charge is -2.36. The van der Waals surface area contributed by atoms with Crippen molar-refractivity contribution in [2.75, 3.05) is 7.11 Å². The molecule has 2 aliphatic rings. The highest BCUT2D eigenvalue weighted by molar-refractivity contribution is 5.87. The second-order valence-corrected chi connectivity index (χ2v) is 6.67. The molecule has 0 aliphatic heterocycles. The first kappa shape index (κ1) is 14.2. The molecule has 1 amide bonds. The van der Waals surface area contributed by atoms with Crippen LogP contribution in [0.1, 0.15) is 46.5 Å². The molecule has 108 valence electrons. The Kier molecular flexibility index (Phi) is 3.49. The average molecular weight is 269 g/mol. The van der Waals surface area contributed by atoms with E-state index in [0.29, 0.717) is 12.3 Å². The lowest BCUT2D eigenvalue weighted by atomic mass is 9.81. The van der Waals surface area contributed by atoms with Crippen molar-refractivity contribution in [1.29, 1.82) is 0 Å². The molecule has 0 aromatic carbocycles. The molecule has 2 bridgehead atoms. The standard InChI is InChI=1S/C14H23NO4/c1-13(2,3)19-12(17)15-14(11(16)18-4)8-9-5-6-10(14)7-9/h9-10H,5-8H2,1-4H3,(H,15,17)/t9-,10+,14-/m1/s1. The van der Waals surface area contributed by atoms with Crippen LogP contribution in [0.5, 0.6) is 0 Å². The average Bonchev–Trinajstić information content (AvgIpc) is 2.85. The Balaban J connectivity index is 2.12. The van der Waals surface area contributed by atoms with Crippen LogP contribution in [0.25, 0.3) is 0 Å². The molecule has 0 saturated heterocycles. The number of fused-ring (bicyclic) bond motifs is 2. The van der Waals surface area contributed by atoms with Gasteiger partial charge in [0.15, 0.2) is 0 Å². The molecule has 2 aliphatic carbocycles. The summed E-state index contributed by atoms with van der Waals surface area (Å²) in [6, 6.07) is 0. The van der Waals surface area contributed by atoms with Crippen LogP contribution in [0.15, 0.2) is 0 Å². The molecule has 0 radical (unpaired) electrons. The zero-order chi connectivity index (χ0) is 14.3. The first-order valence-corrected chi connectivity index (χ1v) is 6.86. The number of hydrogen-bond acceptors (Lipinski definition) is 4. The van der Waals surface area contributed by atoms with Gasteiger partial charge in [-0.3, -0.25) is 0 Å². The number of carbonyl (C=O) groups excluding carboxylic acids is 2. The van der Waals surface area contributed by atoms with Crippen LogP contribution in [-0.2, 0) is 14.3 Å². The maximum atomic E-state index is 12.1. The summed E-state index contributed by atoms with van der Waals surface area (Å²) in [4.78, 5) is 24.1. The summed E-state index contributed by atoms with van der Waals surface area (Å²) < 4.78 is 10.2. The predicted octanol–water partition coefficient (Wildman–Crippen LogP) is 2.24. The second kappa shape index (κ2) is 4.69. The third-order valence-electron chi connectivity index (χ3n) is 4.12. The molecule has 1 N–H and O–H groups in total. The van der Waals surface area contributed by atoms with Gasteiger partial charge in [-0.2, -0.15) is 0 Å². The van der Waals surface area contributed by atoms with E-state index < -0.39 is 17.2 Å². The van der Waals surface area contributed by atoms with Gasteiger partial charge in [-0.05, 0) is 58.3 Å². The van der Waals surface area contributed by atoms with Crippen LogP contribution < -0.4 is 5.32 Å². The van der Waals surface area contributed by atoms with Gasteiger partial charge < -0.3 is 14.8 Å². The Morgan fingerprint density at radius 2 is 1.95 bits per heavy atom. The minimum Gasteiger partial charge on any atom is -0.467 e. The Morgan fingerprint density at radius 1 is 1.26 bits per heavy atom. The van der Waals surface area contributed by atoms with Gasteiger partial charge in [0.25, 0.3) is 0 Å². The molecular formula is C14H23NO4. The minimum atomic E-state index is -0.875. The van der Waals surface area contributed by atoms with Crippen molar-refractivity contribution in [2.24, 2.45) is 11.8 Å². The van der Waals surface area contributed by atoms with Crippen molar-refractivity contribution in [3.8, 4) is 0 Å². The third-order valence-corrected chi connectivity index (χ3v) is 4.12. The quantitative estimate of drug-likeness (QED) is 0.781. The molecule has 2 rings (SSSR count). The fourth-order valence-corrected chi connectivity index (χ4v) is 3.45. The highest BCUT2D eigenvalue weighted by Crippen LogP contribution is 2.51. The van der Waals surface area contributed by atoms with E-state index in [1.807, 2.05) is 0 Å². The first-order valence-electron chi connectivity index (χ1n) is 6.86. The lowest BCUT2D eigenvalue weighted by molar-refractivity contribution is -0.151. The first-order chi connectivity index (χ1) is 8.77. The number of hydrogen-bond donors (Lipinski definition) is 1. The number of nitrogens with one attached hydrogen (secondary N) is 1. The smallest absolute Gasteiger partial charge is 0.408 e. The van der Waals surface area contributed by atoms with Crippen molar-refractivity contribution in [3.05, 3.63) is 0 Å². The van der Waals surface area contributed by atoms with Crippen LogP contribution in [0, 0.1) is 11.8 Å². The fourth-order valence-electron chi connectivity index (χ4n) is 3.45. The molecule has 2 fully saturated rings. The van der Waals surface area contributed by atoms with E-state index in [4.69, 9.17) is 9.47 Å². The van der Waals surface area contributed by atoms with Crippen LogP contribution in [0.4, 0.5) is 4.79 Å². The largest absolute Gasteiger partial charge is 0.467 e. The van der Waals surface area contributed by atoms with Gasteiger partial charge in [0, 0.05) is 0 Å².